The summed E-state index contributed by atoms with van der Waals surface area (Å²) in [6.07, 6.45) is 3.01. The average Bonchev–Trinajstić information content (AvgIpc) is 3.05. The Balaban J connectivity index is 1.62. The summed E-state index contributed by atoms with van der Waals surface area (Å²) in [4.78, 5) is 0.202. The summed E-state index contributed by atoms with van der Waals surface area (Å²) in [5.74, 6) is 2.27. The number of aryl methyl sites for hydroxylation is 1. The van der Waals surface area contributed by atoms with Gasteiger partial charge in [0, 0.05) is 23.1 Å². The highest BCUT2D eigenvalue weighted by Gasteiger charge is 2.31. The monoisotopic (exact) mass is 427 g/mol. The van der Waals surface area contributed by atoms with Gasteiger partial charge in [-0.25, -0.2) is 8.42 Å². The first-order valence-electron chi connectivity index (χ1n) is 10.5. The Hall–Kier alpha value is -2.47. The van der Waals surface area contributed by atoms with Crippen molar-refractivity contribution in [2.75, 3.05) is 11.3 Å². The minimum absolute atomic E-state index is 0.202. The predicted octanol–water partition coefficient (Wildman–Crippen LogP) is 5.78. The van der Waals surface area contributed by atoms with Gasteiger partial charge >= 0.3 is 0 Å². The fourth-order valence-corrected chi connectivity index (χ4v) is 5.23. The van der Waals surface area contributed by atoms with Crippen molar-refractivity contribution in [1.82, 2.24) is 0 Å². The van der Waals surface area contributed by atoms with Crippen LogP contribution < -0.4 is 9.46 Å². The van der Waals surface area contributed by atoms with Gasteiger partial charge in [-0.3, -0.25) is 4.72 Å². The molecule has 0 amide bonds. The Morgan fingerprint density at radius 1 is 1.13 bits per heavy atom. The molecule has 0 fully saturated rings. The predicted molar refractivity (Wildman–Crippen MR) is 120 cm³/mol. The maximum atomic E-state index is 12.8. The molecule has 1 N–H and O–H groups in total. The molecule has 5 nitrogen and oxygen atoms in total. The third-order valence-electron chi connectivity index (χ3n) is 5.97. The van der Waals surface area contributed by atoms with Crippen LogP contribution in [-0.4, -0.2) is 15.0 Å². The Morgan fingerprint density at radius 3 is 2.53 bits per heavy atom. The molecule has 0 radical (unpaired) electrons. The number of nitrogens with one attached hydrogen (secondary N) is 1. The van der Waals surface area contributed by atoms with E-state index in [9.17, 15) is 8.42 Å². The van der Waals surface area contributed by atoms with Gasteiger partial charge in [0.25, 0.3) is 10.0 Å². The van der Waals surface area contributed by atoms with Crippen LogP contribution >= 0.6 is 0 Å². The Kier molecular flexibility index (Phi) is 5.30. The first-order chi connectivity index (χ1) is 14.2. The van der Waals surface area contributed by atoms with Crippen molar-refractivity contribution in [3.05, 3.63) is 53.8 Å². The second-order valence-corrected chi connectivity index (χ2v) is 10.7. The molecule has 1 atom stereocenters. The van der Waals surface area contributed by atoms with Crippen molar-refractivity contribution >= 4 is 26.7 Å². The molecule has 0 saturated heterocycles. The molecule has 0 unspecified atom stereocenters. The van der Waals surface area contributed by atoms with E-state index < -0.39 is 10.0 Å². The summed E-state index contributed by atoms with van der Waals surface area (Å²) in [6.45, 7) is 9.26. The number of furan rings is 1. The van der Waals surface area contributed by atoms with Gasteiger partial charge < -0.3 is 9.15 Å². The number of hydrogen-bond acceptors (Lipinski definition) is 4. The second-order valence-electron chi connectivity index (χ2n) is 9.03. The molecule has 0 saturated carbocycles. The zero-order valence-electron chi connectivity index (χ0n) is 18.0. The van der Waals surface area contributed by atoms with Crippen LogP contribution in [0.2, 0.25) is 0 Å². The van der Waals surface area contributed by atoms with Crippen LogP contribution in [0.25, 0.3) is 11.0 Å². The van der Waals surface area contributed by atoms with Crippen molar-refractivity contribution in [3.8, 4) is 5.75 Å². The largest absolute Gasteiger partial charge is 0.494 e. The highest BCUT2D eigenvalue weighted by molar-refractivity contribution is 7.92. The smallest absolute Gasteiger partial charge is 0.261 e. The lowest BCUT2D eigenvalue weighted by molar-refractivity contribution is 0.210. The number of ether oxygens (including phenoxy) is 1. The summed E-state index contributed by atoms with van der Waals surface area (Å²) in [7, 11) is -3.69. The van der Waals surface area contributed by atoms with Gasteiger partial charge in [-0.15, -0.1) is 0 Å². The fourth-order valence-electron chi connectivity index (χ4n) is 4.18. The maximum Gasteiger partial charge on any atom is 0.261 e. The van der Waals surface area contributed by atoms with Crippen molar-refractivity contribution in [2.45, 2.75) is 51.9 Å². The molecule has 1 aliphatic rings. The number of benzene rings is 2. The van der Waals surface area contributed by atoms with Crippen molar-refractivity contribution < 1.29 is 17.6 Å². The van der Waals surface area contributed by atoms with E-state index in [1.165, 1.54) is 5.56 Å². The van der Waals surface area contributed by atoms with Crippen LogP contribution in [0.4, 0.5) is 5.69 Å². The van der Waals surface area contributed by atoms with Crippen molar-refractivity contribution in [1.29, 1.82) is 0 Å². The zero-order chi connectivity index (χ0) is 21.5. The van der Waals surface area contributed by atoms with Crippen LogP contribution in [0, 0.1) is 11.3 Å². The summed E-state index contributed by atoms with van der Waals surface area (Å²) in [5, 5.41) is 1.01. The van der Waals surface area contributed by atoms with Gasteiger partial charge in [0.15, 0.2) is 0 Å². The maximum absolute atomic E-state index is 12.8. The van der Waals surface area contributed by atoms with Gasteiger partial charge in [0.2, 0.25) is 0 Å². The molecule has 0 spiro atoms. The molecule has 4 rings (SSSR count). The van der Waals surface area contributed by atoms with Crippen LogP contribution in [0.15, 0.2) is 51.8 Å². The topological polar surface area (TPSA) is 68.5 Å². The van der Waals surface area contributed by atoms with Gasteiger partial charge in [0.1, 0.15) is 17.1 Å². The zero-order valence-corrected chi connectivity index (χ0v) is 18.8. The summed E-state index contributed by atoms with van der Waals surface area (Å²) in [6, 6.07) is 12.0. The van der Waals surface area contributed by atoms with Crippen molar-refractivity contribution in [3.63, 3.8) is 0 Å². The van der Waals surface area contributed by atoms with Crippen LogP contribution in [0.5, 0.6) is 5.75 Å². The first-order valence-corrected chi connectivity index (χ1v) is 12.0. The molecule has 0 aliphatic heterocycles. The van der Waals surface area contributed by atoms with E-state index in [4.69, 9.17) is 9.15 Å². The molecule has 0 bridgehead atoms. The third kappa shape index (κ3) is 4.06. The number of hydrogen-bond donors (Lipinski definition) is 1. The van der Waals surface area contributed by atoms with E-state index in [2.05, 4.69) is 25.5 Å². The van der Waals surface area contributed by atoms with Crippen LogP contribution in [0.3, 0.4) is 0 Å². The van der Waals surface area contributed by atoms with E-state index in [1.807, 2.05) is 19.1 Å². The van der Waals surface area contributed by atoms with Gasteiger partial charge in [-0.2, -0.15) is 0 Å². The van der Waals surface area contributed by atoms with Gasteiger partial charge in [0.05, 0.1) is 11.5 Å². The second kappa shape index (κ2) is 7.65. The SMILES string of the molecule is CCOc1ccc(S(=O)(=O)Nc2ccc3oc4c(c3c2)C[C@@H](C(C)(C)C)CC4)cc1. The molecule has 160 valence electrons. The van der Waals surface area contributed by atoms with Crippen LogP contribution in [0.1, 0.15) is 45.4 Å². The molecule has 1 aromatic heterocycles. The lowest BCUT2D eigenvalue weighted by Gasteiger charge is -2.33. The fraction of sp³-hybridized carbons (Fsp3) is 0.417. The molecule has 6 heteroatoms. The number of rotatable bonds is 5. The summed E-state index contributed by atoms with van der Waals surface area (Å²) < 4.78 is 39.8. The molecule has 2 aromatic carbocycles. The van der Waals surface area contributed by atoms with E-state index in [1.54, 1.807) is 30.3 Å². The summed E-state index contributed by atoms with van der Waals surface area (Å²) >= 11 is 0. The highest BCUT2D eigenvalue weighted by Crippen LogP contribution is 2.41. The highest BCUT2D eigenvalue weighted by atomic mass is 32.2. The molecule has 1 heterocycles. The number of fused-ring (bicyclic) bond motifs is 3. The molecular weight excluding hydrogens is 398 g/mol. The molecule has 1 aliphatic carbocycles. The van der Waals surface area contributed by atoms with Crippen molar-refractivity contribution in [2.24, 2.45) is 11.3 Å². The lowest BCUT2D eigenvalue weighted by atomic mass is 9.71. The van der Waals surface area contributed by atoms with E-state index in [-0.39, 0.29) is 10.3 Å². The minimum Gasteiger partial charge on any atom is -0.494 e. The first kappa shape index (κ1) is 20.8. The minimum atomic E-state index is -3.69. The van der Waals surface area contributed by atoms with E-state index in [0.717, 1.165) is 36.0 Å². The molecule has 30 heavy (non-hydrogen) atoms. The number of anilines is 1. The Morgan fingerprint density at radius 2 is 1.87 bits per heavy atom. The third-order valence-corrected chi connectivity index (χ3v) is 7.36. The van der Waals surface area contributed by atoms with Gasteiger partial charge in [-0.1, -0.05) is 20.8 Å². The lowest BCUT2D eigenvalue weighted by Crippen LogP contribution is -2.26. The quantitative estimate of drug-likeness (QED) is 0.560. The molecule has 3 aromatic rings. The molecular formula is C24H29NO4S. The van der Waals surface area contributed by atoms with E-state index in [0.29, 0.717) is 24.0 Å². The normalized spacial score (nSPS) is 17.0. The summed E-state index contributed by atoms with van der Waals surface area (Å²) in [5.41, 5.74) is 2.81. The van der Waals surface area contributed by atoms with E-state index >= 15 is 0 Å². The Bertz CT molecular complexity index is 1150. The van der Waals surface area contributed by atoms with Gasteiger partial charge in [-0.05, 0) is 73.6 Å². The average molecular weight is 428 g/mol. The number of sulfonamides is 1. The van der Waals surface area contributed by atoms with Crippen LogP contribution in [-0.2, 0) is 22.9 Å². The Labute approximate surface area is 178 Å². The standard InChI is InChI=1S/C24H29NO4S/c1-5-28-18-8-10-19(11-9-18)30(26,27)25-17-7-13-23-21(15-17)20-14-16(24(2,3)4)6-12-22(20)29-23/h7-11,13,15-16,25H,5-6,12,14H2,1-4H3/t16-/m0/s1.